The van der Waals surface area contributed by atoms with Gasteiger partial charge in [-0.2, -0.15) is 0 Å². The van der Waals surface area contributed by atoms with Crippen molar-refractivity contribution in [2.45, 2.75) is 245 Å². The molecule has 0 aromatic carbocycles. The molecule has 6 nitrogen and oxygen atoms in total. The summed E-state index contributed by atoms with van der Waals surface area (Å²) in [5.74, 6) is -0.936. The summed E-state index contributed by atoms with van der Waals surface area (Å²) in [5.41, 5.74) is 0. The maximum Gasteiger partial charge on any atom is 0.306 e. The number of carbonyl (C=O) groups excluding carboxylic acids is 3. The predicted molar refractivity (Wildman–Crippen MR) is 242 cm³/mol. The molecular formula is C51H90O6. The maximum absolute atomic E-state index is 12.7. The lowest BCUT2D eigenvalue weighted by Gasteiger charge is -2.18. The number of unbranched alkanes of at least 4 members (excludes halogenated alkanes) is 24. The van der Waals surface area contributed by atoms with Crippen LogP contribution in [0.2, 0.25) is 0 Å². The van der Waals surface area contributed by atoms with Crippen molar-refractivity contribution in [3.05, 3.63) is 48.6 Å². The number of hydrogen-bond acceptors (Lipinski definition) is 6. The fourth-order valence-electron chi connectivity index (χ4n) is 6.67. The van der Waals surface area contributed by atoms with Gasteiger partial charge in [-0.3, -0.25) is 14.4 Å². The van der Waals surface area contributed by atoms with E-state index >= 15 is 0 Å². The van der Waals surface area contributed by atoms with Crippen molar-refractivity contribution in [1.29, 1.82) is 0 Å². The number of allylic oxidation sites excluding steroid dienone is 8. The highest BCUT2D eigenvalue weighted by Gasteiger charge is 2.19. The molecule has 0 rings (SSSR count). The smallest absolute Gasteiger partial charge is 0.306 e. The van der Waals surface area contributed by atoms with Crippen LogP contribution >= 0.6 is 0 Å². The Morgan fingerprint density at radius 2 is 0.702 bits per heavy atom. The molecule has 0 aromatic heterocycles. The average molecular weight is 799 g/mol. The molecule has 0 saturated carbocycles. The fourth-order valence-corrected chi connectivity index (χ4v) is 6.67. The summed E-state index contributed by atoms with van der Waals surface area (Å²) in [6, 6.07) is 0. The lowest BCUT2D eigenvalue weighted by atomic mass is 10.0. The van der Waals surface area contributed by atoms with Crippen LogP contribution in [0.5, 0.6) is 0 Å². The van der Waals surface area contributed by atoms with E-state index in [0.29, 0.717) is 19.3 Å². The second-order valence-electron chi connectivity index (χ2n) is 16.0. The second kappa shape index (κ2) is 46.1. The third-order valence-corrected chi connectivity index (χ3v) is 10.3. The van der Waals surface area contributed by atoms with Crippen molar-refractivity contribution in [2.75, 3.05) is 13.2 Å². The van der Waals surface area contributed by atoms with Crippen LogP contribution in [0.4, 0.5) is 0 Å². The van der Waals surface area contributed by atoms with E-state index in [-0.39, 0.29) is 37.5 Å². The highest BCUT2D eigenvalue weighted by atomic mass is 16.6. The highest BCUT2D eigenvalue weighted by molar-refractivity contribution is 5.71. The molecule has 1 atom stereocenters. The highest BCUT2D eigenvalue weighted by Crippen LogP contribution is 2.15. The summed E-state index contributed by atoms with van der Waals surface area (Å²) in [5, 5.41) is 0. The molecule has 57 heavy (non-hydrogen) atoms. The SMILES string of the molecule is CC/C=C\C/C=C\C/C=C\CCCCC(=O)OC(COC(=O)CCCCCCC/C=C\CCCC)COC(=O)CCCCCCCCCCCCCCCCCC. The summed E-state index contributed by atoms with van der Waals surface area (Å²) in [7, 11) is 0. The van der Waals surface area contributed by atoms with Gasteiger partial charge in [-0.1, -0.05) is 198 Å². The van der Waals surface area contributed by atoms with Crippen LogP contribution in [0.25, 0.3) is 0 Å². The molecule has 1 unspecified atom stereocenters. The van der Waals surface area contributed by atoms with Crippen molar-refractivity contribution >= 4 is 17.9 Å². The van der Waals surface area contributed by atoms with Gasteiger partial charge >= 0.3 is 17.9 Å². The summed E-state index contributed by atoms with van der Waals surface area (Å²) in [6.45, 7) is 6.45. The van der Waals surface area contributed by atoms with Crippen LogP contribution in [0.1, 0.15) is 239 Å². The van der Waals surface area contributed by atoms with Crippen LogP contribution in [0.15, 0.2) is 48.6 Å². The minimum Gasteiger partial charge on any atom is -0.462 e. The van der Waals surface area contributed by atoms with Gasteiger partial charge in [0.05, 0.1) is 0 Å². The van der Waals surface area contributed by atoms with Gasteiger partial charge in [0.2, 0.25) is 0 Å². The van der Waals surface area contributed by atoms with Gasteiger partial charge in [0.1, 0.15) is 13.2 Å². The van der Waals surface area contributed by atoms with Gasteiger partial charge in [0.15, 0.2) is 6.10 Å². The third kappa shape index (κ3) is 44.3. The van der Waals surface area contributed by atoms with E-state index in [1.165, 1.54) is 116 Å². The summed E-state index contributed by atoms with van der Waals surface area (Å²) in [6.07, 6.45) is 53.9. The Morgan fingerprint density at radius 1 is 0.368 bits per heavy atom. The maximum atomic E-state index is 12.7. The monoisotopic (exact) mass is 799 g/mol. The molecule has 0 aromatic rings. The molecule has 0 aliphatic heterocycles. The van der Waals surface area contributed by atoms with E-state index in [0.717, 1.165) is 77.0 Å². The predicted octanol–water partition coefficient (Wildman–Crippen LogP) is 15.5. The van der Waals surface area contributed by atoms with E-state index in [2.05, 4.69) is 69.4 Å². The Kier molecular flexibility index (Phi) is 43.9. The topological polar surface area (TPSA) is 78.9 Å². The quantitative estimate of drug-likeness (QED) is 0.0265. The standard InChI is InChI=1S/C51H90O6/c1-4-7-10-13-16-19-22-24-25-26-27-30-32-35-38-41-44-50(53)56-47-48(46-55-49(52)43-40-37-34-31-28-21-18-15-12-9-6-3)57-51(54)45-42-39-36-33-29-23-20-17-14-11-8-5-2/h8,11,15,17-18,20,29,33,48H,4-7,9-10,12-14,16,19,21-28,30-32,34-47H2,1-3H3/b11-8-,18-15-,20-17-,33-29-. The molecule has 0 heterocycles. The molecule has 0 amide bonds. The fraction of sp³-hybridized carbons (Fsp3) is 0.784. The van der Waals surface area contributed by atoms with Crippen molar-refractivity contribution in [2.24, 2.45) is 0 Å². The number of hydrogen-bond donors (Lipinski definition) is 0. The Hall–Kier alpha value is -2.63. The minimum absolute atomic E-state index is 0.0892. The lowest BCUT2D eigenvalue weighted by Crippen LogP contribution is -2.30. The number of rotatable bonds is 43. The molecular weight excluding hydrogens is 709 g/mol. The van der Waals surface area contributed by atoms with E-state index in [4.69, 9.17) is 14.2 Å². The van der Waals surface area contributed by atoms with Crippen LogP contribution < -0.4 is 0 Å². The van der Waals surface area contributed by atoms with Crippen molar-refractivity contribution in [3.8, 4) is 0 Å². The molecule has 0 N–H and O–H groups in total. The third-order valence-electron chi connectivity index (χ3n) is 10.3. The van der Waals surface area contributed by atoms with E-state index in [1.54, 1.807) is 0 Å². The Bertz CT molecular complexity index is 1010. The van der Waals surface area contributed by atoms with Gasteiger partial charge in [0.25, 0.3) is 0 Å². The van der Waals surface area contributed by atoms with Gasteiger partial charge in [-0.25, -0.2) is 0 Å². The largest absolute Gasteiger partial charge is 0.462 e. The molecule has 0 aliphatic carbocycles. The molecule has 0 bridgehead atoms. The molecule has 0 spiro atoms. The first-order chi connectivity index (χ1) is 28.0. The number of carbonyl (C=O) groups is 3. The zero-order valence-corrected chi connectivity index (χ0v) is 37.6. The molecule has 0 aliphatic rings. The second-order valence-corrected chi connectivity index (χ2v) is 16.0. The van der Waals surface area contributed by atoms with E-state index < -0.39 is 6.10 Å². The van der Waals surface area contributed by atoms with Crippen molar-refractivity contribution in [3.63, 3.8) is 0 Å². The van der Waals surface area contributed by atoms with Gasteiger partial charge < -0.3 is 14.2 Å². The van der Waals surface area contributed by atoms with Crippen molar-refractivity contribution in [1.82, 2.24) is 0 Å². The first kappa shape index (κ1) is 54.4. The number of esters is 3. The van der Waals surface area contributed by atoms with Crippen LogP contribution in [0.3, 0.4) is 0 Å². The van der Waals surface area contributed by atoms with Crippen LogP contribution in [-0.2, 0) is 28.6 Å². The van der Waals surface area contributed by atoms with Crippen LogP contribution in [-0.4, -0.2) is 37.2 Å². The van der Waals surface area contributed by atoms with E-state index in [9.17, 15) is 14.4 Å². The van der Waals surface area contributed by atoms with Crippen LogP contribution in [0, 0.1) is 0 Å². The zero-order valence-electron chi connectivity index (χ0n) is 37.6. The normalized spacial score (nSPS) is 12.4. The lowest BCUT2D eigenvalue weighted by molar-refractivity contribution is -0.167. The van der Waals surface area contributed by atoms with Gasteiger partial charge in [-0.05, 0) is 70.6 Å². The molecule has 0 saturated heterocycles. The first-order valence-corrected chi connectivity index (χ1v) is 24.1. The molecule has 0 fully saturated rings. The zero-order chi connectivity index (χ0) is 41.5. The summed E-state index contributed by atoms with van der Waals surface area (Å²) < 4.78 is 16.7. The molecule has 330 valence electrons. The molecule has 0 radical (unpaired) electrons. The minimum atomic E-state index is -0.791. The molecule has 6 heteroatoms. The van der Waals surface area contributed by atoms with Gasteiger partial charge in [0, 0.05) is 19.3 Å². The Morgan fingerprint density at radius 3 is 1.18 bits per heavy atom. The average Bonchev–Trinajstić information content (AvgIpc) is 3.21. The summed E-state index contributed by atoms with van der Waals surface area (Å²) >= 11 is 0. The van der Waals surface area contributed by atoms with Crippen molar-refractivity contribution < 1.29 is 28.6 Å². The summed E-state index contributed by atoms with van der Waals surface area (Å²) in [4.78, 5) is 37.8. The Balaban J connectivity index is 4.38. The van der Waals surface area contributed by atoms with E-state index in [1.807, 2.05) is 0 Å². The first-order valence-electron chi connectivity index (χ1n) is 24.1. The number of ether oxygens (including phenoxy) is 3. The Labute approximate surface area is 352 Å². The van der Waals surface area contributed by atoms with Gasteiger partial charge in [-0.15, -0.1) is 0 Å².